The molecule has 2 N–H and O–H groups in total. The summed E-state index contributed by atoms with van der Waals surface area (Å²) in [7, 11) is 1.93. The van der Waals surface area contributed by atoms with Crippen LogP contribution in [0.4, 0.5) is 0 Å². The molecule has 2 aromatic carbocycles. The van der Waals surface area contributed by atoms with Gasteiger partial charge in [-0.25, -0.2) is 0 Å². The SMILES string of the molecule is CCCCN(C)C(=O)CCCCCCCCCCCC(Cc1ccc(O)cc1)c1ccc(O)cc1. The summed E-state index contributed by atoms with van der Waals surface area (Å²) in [6.07, 6.45) is 16.0. The van der Waals surface area contributed by atoms with E-state index in [-0.39, 0.29) is 0 Å². The fourth-order valence-electron chi connectivity index (χ4n) is 4.66. The number of hydrogen-bond acceptors (Lipinski definition) is 3. The van der Waals surface area contributed by atoms with Gasteiger partial charge in [0.1, 0.15) is 11.5 Å². The van der Waals surface area contributed by atoms with Crippen molar-refractivity contribution in [3.63, 3.8) is 0 Å². The van der Waals surface area contributed by atoms with E-state index in [1.807, 2.05) is 36.2 Å². The minimum atomic E-state index is 0.300. The third-order valence-electron chi connectivity index (χ3n) is 7.00. The molecule has 1 amide bonds. The topological polar surface area (TPSA) is 60.8 Å². The summed E-state index contributed by atoms with van der Waals surface area (Å²) in [6, 6.07) is 15.2. The van der Waals surface area contributed by atoms with Crippen LogP contribution in [-0.2, 0) is 11.2 Å². The largest absolute Gasteiger partial charge is 0.508 e. The Hall–Kier alpha value is -2.49. The molecule has 0 spiro atoms. The number of hydrogen-bond donors (Lipinski definition) is 2. The molecule has 0 radical (unpaired) electrons. The van der Waals surface area contributed by atoms with Crippen molar-refractivity contribution < 1.29 is 15.0 Å². The molecule has 4 nitrogen and oxygen atoms in total. The number of nitrogens with zero attached hydrogens (tertiary/aromatic N) is 1. The van der Waals surface area contributed by atoms with Crippen LogP contribution in [0, 0.1) is 0 Å². The first-order valence-corrected chi connectivity index (χ1v) is 13.8. The third kappa shape index (κ3) is 12.2. The molecule has 0 aliphatic carbocycles. The summed E-state index contributed by atoms with van der Waals surface area (Å²) in [6.45, 7) is 3.05. The van der Waals surface area contributed by atoms with E-state index in [1.165, 1.54) is 62.5 Å². The smallest absolute Gasteiger partial charge is 0.222 e. The highest BCUT2D eigenvalue weighted by Crippen LogP contribution is 2.29. The van der Waals surface area contributed by atoms with E-state index < -0.39 is 0 Å². The molecular weight excluding hydrogens is 434 g/mol. The van der Waals surface area contributed by atoms with E-state index >= 15 is 0 Å². The van der Waals surface area contributed by atoms with Crippen LogP contribution in [0.5, 0.6) is 11.5 Å². The molecule has 2 rings (SSSR count). The van der Waals surface area contributed by atoms with Crippen LogP contribution in [0.15, 0.2) is 48.5 Å². The van der Waals surface area contributed by atoms with Crippen molar-refractivity contribution in [2.24, 2.45) is 0 Å². The molecule has 0 saturated heterocycles. The Labute approximate surface area is 213 Å². The normalized spacial score (nSPS) is 11.9. The lowest BCUT2D eigenvalue weighted by Crippen LogP contribution is -2.27. The maximum atomic E-state index is 12.1. The van der Waals surface area contributed by atoms with E-state index in [4.69, 9.17) is 0 Å². The molecule has 0 bridgehead atoms. The summed E-state index contributed by atoms with van der Waals surface area (Å²) in [5.74, 6) is 1.33. The zero-order chi connectivity index (χ0) is 25.3. The van der Waals surface area contributed by atoms with E-state index in [0.717, 1.165) is 38.6 Å². The lowest BCUT2D eigenvalue weighted by Gasteiger charge is -2.18. The number of carbonyl (C=O) groups excluding carboxylic acids is 1. The maximum absolute atomic E-state index is 12.1. The van der Waals surface area contributed by atoms with Crippen molar-refractivity contribution in [3.05, 3.63) is 59.7 Å². The summed E-state index contributed by atoms with van der Waals surface area (Å²) in [5.41, 5.74) is 2.50. The predicted octanol–water partition coefficient (Wildman–Crippen LogP) is 7.97. The Morgan fingerprint density at radius 1 is 0.743 bits per heavy atom. The molecule has 1 unspecified atom stereocenters. The molecule has 1 atom stereocenters. The molecule has 0 heterocycles. The van der Waals surface area contributed by atoms with Gasteiger partial charge in [0.15, 0.2) is 0 Å². The van der Waals surface area contributed by atoms with Gasteiger partial charge in [-0.2, -0.15) is 0 Å². The molecule has 0 aromatic heterocycles. The highest BCUT2D eigenvalue weighted by molar-refractivity contribution is 5.75. The number of amides is 1. The van der Waals surface area contributed by atoms with Gasteiger partial charge in [-0.1, -0.05) is 89.0 Å². The number of phenolic OH excluding ortho intramolecular Hbond substituents is 2. The molecule has 4 heteroatoms. The first-order chi connectivity index (χ1) is 17.0. The number of aromatic hydroxyl groups is 2. The number of phenols is 2. The highest BCUT2D eigenvalue weighted by atomic mass is 16.3. The van der Waals surface area contributed by atoms with Crippen LogP contribution in [0.1, 0.15) is 107 Å². The van der Waals surface area contributed by atoms with Gasteiger partial charge in [0, 0.05) is 20.0 Å². The van der Waals surface area contributed by atoms with Crippen LogP contribution >= 0.6 is 0 Å². The van der Waals surface area contributed by atoms with Crippen molar-refractivity contribution >= 4 is 5.91 Å². The number of carbonyl (C=O) groups is 1. The zero-order valence-electron chi connectivity index (χ0n) is 22.1. The van der Waals surface area contributed by atoms with Gasteiger partial charge >= 0.3 is 0 Å². The van der Waals surface area contributed by atoms with E-state index in [1.54, 1.807) is 24.3 Å². The van der Waals surface area contributed by atoms with Crippen LogP contribution in [0.25, 0.3) is 0 Å². The van der Waals surface area contributed by atoms with Gasteiger partial charge < -0.3 is 15.1 Å². The van der Waals surface area contributed by atoms with Gasteiger partial charge in [0.2, 0.25) is 5.91 Å². The maximum Gasteiger partial charge on any atom is 0.222 e. The number of benzene rings is 2. The summed E-state index contributed by atoms with van der Waals surface area (Å²) >= 11 is 0. The second-order valence-corrected chi connectivity index (χ2v) is 10.0. The fraction of sp³-hybridized carbons (Fsp3) is 0.581. The van der Waals surface area contributed by atoms with Gasteiger partial charge in [0.25, 0.3) is 0 Å². The molecule has 0 aliphatic rings. The number of unbranched alkanes of at least 4 members (excludes halogenated alkanes) is 9. The van der Waals surface area contributed by atoms with Gasteiger partial charge in [-0.3, -0.25) is 4.79 Å². The molecule has 0 saturated carbocycles. The summed E-state index contributed by atoms with van der Waals surface area (Å²) < 4.78 is 0. The van der Waals surface area contributed by atoms with E-state index in [2.05, 4.69) is 6.92 Å². The van der Waals surface area contributed by atoms with Crippen LogP contribution in [0.3, 0.4) is 0 Å². The van der Waals surface area contributed by atoms with Gasteiger partial charge in [-0.15, -0.1) is 0 Å². The molecule has 194 valence electrons. The minimum absolute atomic E-state index is 0.300. The second-order valence-electron chi connectivity index (χ2n) is 10.0. The predicted molar refractivity (Wildman–Crippen MR) is 146 cm³/mol. The van der Waals surface area contributed by atoms with E-state index in [9.17, 15) is 15.0 Å². The van der Waals surface area contributed by atoms with E-state index in [0.29, 0.717) is 29.7 Å². The first-order valence-electron chi connectivity index (χ1n) is 13.8. The molecule has 35 heavy (non-hydrogen) atoms. The van der Waals surface area contributed by atoms with Crippen molar-refractivity contribution in [2.75, 3.05) is 13.6 Å². The Morgan fingerprint density at radius 2 is 1.26 bits per heavy atom. The molecular formula is C31H47NO3. The average Bonchev–Trinajstić information content (AvgIpc) is 2.86. The van der Waals surface area contributed by atoms with Gasteiger partial charge in [0.05, 0.1) is 0 Å². The Bertz CT molecular complexity index is 816. The summed E-state index contributed by atoms with van der Waals surface area (Å²) in [4.78, 5) is 13.9. The number of rotatable bonds is 18. The standard InChI is InChI=1S/C31H47NO3/c1-3-4-24-32(2)31(35)15-13-11-9-7-5-6-8-10-12-14-28(27-18-22-30(34)23-19-27)25-26-16-20-29(33)21-17-26/h16-23,28,33-34H,3-15,24-25H2,1-2H3. The lowest BCUT2D eigenvalue weighted by atomic mass is 9.87. The van der Waals surface area contributed by atoms with Crippen molar-refractivity contribution in [1.82, 2.24) is 4.90 Å². The highest BCUT2D eigenvalue weighted by Gasteiger charge is 2.13. The second kappa shape index (κ2) is 17.0. The minimum Gasteiger partial charge on any atom is -0.508 e. The Morgan fingerprint density at radius 3 is 1.83 bits per heavy atom. The fourth-order valence-corrected chi connectivity index (χ4v) is 4.66. The lowest BCUT2D eigenvalue weighted by molar-refractivity contribution is -0.130. The molecule has 0 fully saturated rings. The van der Waals surface area contributed by atoms with Crippen LogP contribution < -0.4 is 0 Å². The van der Waals surface area contributed by atoms with Crippen LogP contribution in [0.2, 0.25) is 0 Å². The Kier molecular flexibility index (Phi) is 14.0. The van der Waals surface area contributed by atoms with Crippen molar-refractivity contribution in [2.45, 2.75) is 103 Å². The third-order valence-corrected chi connectivity index (χ3v) is 7.00. The zero-order valence-corrected chi connectivity index (χ0v) is 22.1. The van der Waals surface area contributed by atoms with Crippen molar-refractivity contribution in [3.8, 4) is 11.5 Å². The van der Waals surface area contributed by atoms with Crippen molar-refractivity contribution in [1.29, 1.82) is 0 Å². The quantitative estimate of drug-likeness (QED) is 0.212. The first kappa shape index (κ1) is 28.7. The monoisotopic (exact) mass is 481 g/mol. The average molecular weight is 482 g/mol. The summed E-state index contributed by atoms with van der Waals surface area (Å²) in [5, 5.41) is 19.2. The molecule has 2 aromatic rings. The van der Waals surface area contributed by atoms with Gasteiger partial charge in [-0.05, 0) is 67.0 Å². The Balaban J connectivity index is 1.58. The van der Waals surface area contributed by atoms with Crippen LogP contribution in [-0.4, -0.2) is 34.6 Å². The molecule has 0 aliphatic heterocycles.